The fourth-order valence-electron chi connectivity index (χ4n) is 1.74. The quantitative estimate of drug-likeness (QED) is 0.628. The van der Waals surface area contributed by atoms with E-state index in [1.54, 1.807) is 6.92 Å². The second-order valence-corrected chi connectivity index (χ2v) is 6.19. The second kappa shape index (κ2) is 6.54. The van der Waals surface area contributed by atoms with Crippen molar-refractivity contribution in [3.05, 3.63) is 0 Å². The van der Waals surface area contributed by atoms with E-state index in [1.807, 2.05) is 0 Å². The van der Waals surface area contributed by atoms with Crippen molar-refractivity contribution in [2.24, 2.45) is 0 Å². The van der Waals surface area contributed by atoms with E-state index in [2.05, 4.69) is 17.0 Å². The Kier molecular flexibility index (Phi) is 5.68. The lowest BCUT2D eigenvalue weighted by atomic mass is 10.1. The summed E-state index contributed by atoms with van der Waals surface area (Å²) in [6.07, 6.45) is 2.50. The molecular weight excluding hydrogens is 228 g/mol. The smallest absolute Gasteiger partial charge is 0.211 e. The summed E-state index contributed by atoms with van der Waals surface area (Å²) in [6, 6.07) is 0.286. The number of rotatable bonds is 7. The molecule has 2 N–H and O–H groups in total. The summed E-state index contributed by atoms with van der Waals surface area (Å²) in [4.78, 5) is 0. The summed E-state index contributed by atoms with van der Waals surface area (Å²) >= 11 is 0. The molecule has 0 amide bonds. The van der Waals surface area contributed by atoms with Gasteiger partial charge in [0.2, 0.25) is 10.0 Å². The lowest BCUT2D eigenvalue weighted by molar-refractivity contribution is 0.0840. The highest BCUT2D eigenvalue weighted by Gasteiger charge is 2.21. The number of sulfonamides is 1. The highest BCUT2D eigenvalue weighted by atomic mass is 32.2. The first-order chi connectivity index (χ1) is 7.55. The first kappa shape index (κ1) is 13.9. The molecule has 0 aromatic rings. The van der Waals surface area contributed by atoms with Crippen molar-refractivity contribution in [3.63, 3.8) is 0 Å². The molecule has 1 saturated heterocycles. The Labute approximate surface area is 98.0 Å². The van der Waals surface area contributed by atoms with Gasteiger partial charge in [-0.2, -0.15) is 0 Å². The van der Waals surface area contributed by atoms with Crippen LogP contribution in [0.25, 0.3) is 0 Å². The van der Waals surface area contributed by atoms with E-state index in [0.29, 0.717) is 13.1 Å². The maximum Gasteiger partial charge on any atom is 0.211 e. The molecule has 1 heterocycles. The summed E-state index contributed by atoms with van der Waals surface area (Å²) in [6.45, 7) is 5.63. The van der Waals surface area contributed by atoms with E-state index >= 15 is 0 Å². The minimum atomic E-state index is -3.06. The third-order valence-electron chi connectivity index (χ3n) is 2.82. The standard InChI is InChI=1S/C10H22N2O3S/c1-3-16(13,14)12-7-6-11-9(2)10-5-4-8-15-10/h9-12H,3-8H2,1-2H3/t9-,10+/m0/s1. The Balaban J connectivity index is 2.11. The molecule has 1 fully saturated rings. The van der Waals surface area contributed by atoms with Gasteiger partial charge in [-0.3, -0.25) is 0 Å². The van der Waals surface area contributed by atoms with Crippen molar-refractivity contribution in [3.8, 4) is 0 Å². The summed E-state index contributed by atoms with van der Waals surface area (Å²) in [7, 11) is -3.06. The number of nitrogens with one attached hydrogen (secondary N) is 2. The zero-order valence-electron chi connectivity index (χ0n) is 10.0. The number of hydrogen-bond donors (Lipinski definition) is 2. The molecular formula is C10H22N2O3S. The average Bonchev–Trinajstić information content (AvgIpc) is 2.77. The highest BCUT2D eigenvalue weighted by molar-refractivity contribution is 7.89. The Hall–Kier alpha value is -0.170. The number of hydrogen-bond acceptors (Lipinski definition) is 4. The molecule has 6 heteroatoms. The van der Waals surface area contributed by atoms with Crippen LogP contribution < -0.4 is 10.0 Å². The van der Waals surface area contributed by atoms with E-state index in [-0.39, 0.29) is 17.9 Å². The summed E-state index contributed by atoms with van der Waals surface area (Å²) in [5, 5.41) is 3.27. The van der Waals surface area contributed by atoms with Crippen LogP contribution in [0.15, 0.2) is 0 Å². The molecule has 0 unspecified atom stereocenters. The third kappa shape index (κ3) is 4.78. The van der Waals surface area contributed by atoms with Crippen LogP contribution in [-0.2, 0) is 14.8 Å². The average molecular weight is 250 g/mol. The Bertz CT molecular complexity index is 286. The zero-order valence-corrected chi connectivity index (χ0v) is 10.8. The van der Waals surface area contributed by atoms with Crippen LogP contribution in [0.4, 0.5) is 0 Å². The van der Waals surface area contributed by atoms with Crippen molar-refractivity contribution in [1.29, 1.82) is 0 Å². The maximum absolute atomic E-state index is 11.1. The first-order valence-electron chi connectivity index (χ1n) is 5.87. The number of ether oxygens (including phenoxy) is 1. The van der Waals surface area contributed by atoms with Crippen LogP contribution in [0.2, 0.25) is 0 Å². The predicted octanol–water partition coefficient (Wildman–Crippen LogP) is 0.0828. The molecule has 0 spiro atoms. The molecule has 16 heavy (non-hydrogen) atoms. The summed E-state index contributed by atoms with van der Waals surface area (Å²) in [5.41, 5.74) is 0. The van der Waals surface area contributed by atoms with Gasteiger partial charge in [0.1, 0.15) is 0 Å². The van der Waals surface area contributed by atoms with Crippen molar-refractivity contribution < 1.29 is 13.2 Å². The molecule has 0 aromatic heterocycles. The second-order valence-electron chi connectivity index (χ2n) is 4.09. The van der Waals surface area contributed by atoms with Gasteiger partial charge < -0.3 is 10.1 Å². The Morgan fingerprint density at radius 2 is 2.19 bits per heavy atom. The molecule has 1 rings (SSSR count). The topological polar surface area (TPSA) is 67.4 Å². The van der Waals surface area contributed by atoms with Crippen LogP contribution in [-0.4, -0.2) is 46.0 Å². The molecule has 0 aromatic carbocycles. The summed E-state index contributed by atoms with van der Waals surface area (Å²) < 4.78 is 30.3. The van der Waals surface area contributed by atoms with Crippen molar-refractivity contribution in [2.45, 2.75) is 38.8 Å². The minimum absolute atomic E-state index is 0.133. The van der Waals surface area contributed by atoms with E-state index in [9.17, 15) is 8.42 Å². The van der Waals surface area contributed by atoms with E-state index in [4.69, 9.17) is 4.74 Å². The van der Waals surface area contributed by atoms with Crippen LogP contribution in [0.3, 0.4) is 0 Å². The molecule has 96 valence electrons. The monoisotopic (exact) mass is 250 g/mol. The van der Waals surface area contributed by atoms with Gasteiger partial charge in [0, 0.05) is 25.7 Å². The van der Waals surface area contributed by atoms with Crippen LogP contribution in [0.5, 0.6) is 0 Å². The van der Waals surface area contributed by atoms with Gasteiger partial charge in [-0.1, -0.05) is 0 Å². The largest absolute Gasteiger partial charge is 0.377 e. The van der Waals surface area contributed by atoms with Crippen LogP contribution >= 0.6 is 0 Å². The van der Waals surface area contributed by atoms with Crippen LogP contribution in [0, 0.1) is 0 Å². The molecule has 0 bridgehead atoms. The highest BCUT2D eigenvalue weighted by Crippen LogP contribution is 2.14. The van der Waals surface area contributed by atoms with Gasteiger partial charge in [-0.15, -0.1) is 0 Å². The molecule has 1 aliphatic rings. The molecule has 2 atom stereocenters. The fraction of sp³-hybridized carbons (Fsp3) is 1.00. The zero-order chi connectivity index (χ0) is 12.0. The molecule has 0 aliphatic carbocycles. The van der Waals surface area contributed by atoms with Gasteiger partial charge in [0.05, 0.1) is 11.9 Å². The van der Waals surface area contributed by atoms with Crippen molar-refractivity contribution in [2.75, 3.05) is 25.4 Å². The Morgan fingerprint density at radius 3 is 2.75 bits per heavy atom. The van der Waals surface area contributed by atoms with Crippen LogP contribution in [0.1, 0.15) is 26.7 Å². The normalized spacial score (nSPS) is 23.5. The van der Waals surface area contributed by atoms with Gasteiger partial charge in [0.15, 0.2) is 0 Å². The molecule has 0 radical (unpaired) electrons. The predicted molar refractivity (Wildman–Crippen MR) is 63.9 cm³/mol. The van der Waals surface area contributed by atoms with E-state index < -0.39 is 10.0 Å². The molecule has 5 nitrogen and oxygen atoms in total. The fourth-order valence-corrected chi connectivity index (χ4v) is 2.35. The van der Waals surface area contributed by atoms with Gasteiger partial charge >= 0.3 is 0 Å². The van der Waals surface area contributed by atoms with Gasteiger partial charge in [-0.25, -0.2) is 13.1 Å². The lowest BCUT2D eigenvalue weighted by Gasteiger charge is -2.19. The summed E-state index contributed by atoms with van der Waals surface area (Å²) in [5.74, 6) is 0.133. The Morgan fingerprint density at radius 1 is 1.44 bits per heavy atom. The SMILES string of the molecule is CCS(=O)(=O)NCCN[C@@H](C)[C@H]1CCCO1. The van der Waals surface area contributed by atoms with Gasteiger partial charge in [-0.05, 0) is 26.7 Å². The van der Waals surface area contributed by atoms with E-state index in [0.717, 1.165) is 19.4 Å². The minimum Gasteiger partial charge on any atom is -0.377 e. The maximum atomic E-state index is 11.1. The van der Waals surface area contributed by atoms with Gasteiger partial charge in [0.25, 0.3) is 0 Å². The molecule has 0 saturated carbocycles. The molecule has 1 aliphatic heterocycles. The lowest BCUT2D eigenvalue weighted by Crippen LogP contribution is -2.41. The first-order valence-corrected chi connectivity index (χ1v) is 7.52. The van der Waals surface area contributed by atoms with Crippen molar-refractivity contribution >= 4 is 10.0 Å². The third-order valence-corrected chi connectivity index (χ3v) is 4.22. The van der Waals surface area contributed by atoms with E-state index in [1.165, 1.54) is 0 Å². The van der Waals surface area contributed by atoms with Crippen molar-refractivity contribution in [1.82, 2.24) is 10.0 Å².